The Kier molecular flexibility index (Phi) is 9.73. The molecule has 0 saturated carbocycles. The van der Waals surface area contributed by atoms with E-state index in [0.29, 0.717) is 29.6 Å². The third-order valence-electron chi connectivity index (χ3n) is 4.90. The van der Waals surface area contributed by atoms with Crippen molar-refractivity contribution in [2.45, 2.75) is 12.8 Å². The van der Waals surface area contributed by atoms with Crippen molar-refractivity contribution in [1.29, 1.82) is 0 Å². The van der Waals surface area contributed by atoms with Crippen molar-refractivity contribution < 1.29 is 54.4 Å². The zero-order chi connectivity index (χ0) is 26.8. The molecule has 0 radical (unpaired) electrons. The summed E-state index contributed by atoms with van der Waals surface area (Å²) in [6, 6.07) is 10.1. The summed E-state index contributed by atoms with van der Waals surface area (Å²) in [5.74, 6) is -0.562. The minimum Gasteiger partial charge on any atom is -0.508 e. The van der Waals surface area contributed by atoms with Crippen molar-refractivity contribution in [2.75, 3.05) is 27.9 Å². The molecule has 0 spiro atoms. The lowest BCUT2D eigenvalue weighted by Gasteiger charge is -2.17. The van der Waals surface area contributed by atoms with Crippen LogP contribution in [-0.2, 0) is 6.42 Å². The number of carbonyl (C=O) groups is 1. The van der Waals surface area contributed by atoms with Gasteiger partial charge in [-0.05, 0) is 37.1 Å². The Morgan fingerprint density at radius 3 is 1.92 bits per heavy atom. The Labute approximate surface area is 206 Å². The molecule has 1 heterocycles. The molecule has 3 aromatic rings. The van der Waals surface area contributed by atoms with Gasteiger partial charge in [0.1, 0.15) is 17.2 Å². The van der Waals surface area contributed by atoms with Gasteiger partial charge in [0.05, 0.1) is 33.5 Å². The summed E-state index contributed by atoms with van der Waals surface area (Å²) in [5.41, 5.74) is 0.516. The molecule has 36 heavy (non-hydrogen) atoms. The number of rotatable bonds is 4. The number of hydrogen-bond donors (Lipinski definition) is 6. The van der Waals surface area contributed by atoms with Crippen LogP contribution in [0, 0.1) is 0 Å². The van der Waals surface area contributed by atoms with Crippen LogP contribution in [0.25, 0.3) is 0 Å². The van der Waals surface area contributed by atoms with Crippen LogP contribution in [0.15, 0.2) is 42.5 Å². The van der Waals surface area contributed by atoms with Gasteiger partial charge in [-0.2, -0.15) is 0 Å². The van der Waals surface area contributed by atoms with Crippen LogP contribution in [0.4, 0.5) is 0 Å². The number of ether oxygens (including phenoxy) is 4. The maximum Gasteiger partial charge on any atom is 0.335 e. The van der Waals surface area contributed by atoms with Crippen molar-refractivity contribution in [3.63, 3.8) is 0 Å². The summed E-state index contributed by atoms with van der Waals surface area (Å²) in [6.07, 6.45) is 1.74. The van der Waals surface area contributed by atoms with Gasteiger partial charge in [0.25, 0.3) is 0 Å². The van der Waals surface area contributed by atoms with E-state index in [1.807, 2.05) is 18.2 Å². The molecule has 3 aromatic carbocycles. The maximum atomic E-state index is 10.3. The van der Waals surface area contributed by atoms with Crippen LogP contribution >= 0.6 is 0 Å². The lowest BCUT2D eigenvalue weighted by molar-refractivity contribution is 0.0695. The van der Waals surface area contributed by atoms with Crippen molar-refractivity contribution in [3.8, 4) is 51.7 Å². The number of para-hydroxylation sites is 1. The first-order valence-electron chi connectivity index (χ1n) is 10.5. The molecule has 0 bridgehead atoms. The highest BCUT2D eigenvalue weighted by atomic mass is 16.5. The highest BCUT2D eigenvalue weighted by molar-refractivity contribution is 5.89. The molecule has 1 aliphatic rings. The Morgan fingerprint density at radius 2 is 1.42 bits per heavy atom. The zero-order valence-corrected chi connectivity index (χ0v) is 19.9. The van der Waals surface area contributed by atoms with Crippen LogP contribution in [0.3, 0.4) is 0 Å². The molecule has 0 amide bonds. The quantitative estimate of drug-likeness (QED) is 0.286. The van der Waals surface area contributed by atoms with E-state index in [9.17, 15) is 9.90 Å². The summed E-state index contributed by atoms with van der Waals surface area (Å²) in [4.78, 5) is 10.3. The SMILES string of the molecule is COc1cccc(OC)c1OC.O=C(O)c1cc(O)c(O)c(O)c1.Oc1cc(O)c2c(c1)OCCC2. The first-order valence-corrected chi connectivity index (χ1v) is 10.5. The van der Waals surface area contributed by atoms with Crippen molar-refractivity contribution >= 4 is 5.97 Å². The summed E-state index contributed by atoms with van der Waals surface area (Å²) >= 11 is 0. The fourth-order valence-corrected chi connectivity index (χ4v) is 3.17. The van der Waals surface area contributed by atoms with Gasteiger partial charge in [-0.15, -0.1) is 0 Å². The molecule has 0 atom stereocenters. The third-order valence-corrected chi connectivity index (χ3v) is 4.90. The van der Waals surface area contributed by atoms with Crippen molar-refractivity contribution in [2.24, 2.45) is 0 Å². The predicted octanol–water partition coefficient (Wildman–Crippen LogP) is 3.64. The van der Waals surface area contributed by atoms with E-state index in [4.69, 9.17) is 44.5 Å². The minimum absolute atomic E-state index is 0.0492. The van der Waals surface area contributed by atoms with Gasteiger partial charge < -0.3 is 49.6 Å². The molecule has 1 aliphatic heterocycles. The van der Waals surface area contributed by atoms with E-state index < -0.39 is 23.2 Å². The average Bonchev–Trinajstić information content (AvgIpc) is 2.86. The number of methoxy groups -OCH3 is 3. The maximum absolute atomic E-state index is 10.3. The number of aromatic hydroxyl groups is 5. The summed E-state index contributed by atoms with van der Waals surface area (Å²) in [7, 11) is 4.77. The molecule has 4 rings (SSSR count). The highest BCUT2D eigenvalue weighted by Gasteiger charge is 2.15. The fraction of sp³-hybridized carbons (Fsp3) is 0.240. The zero-order valence-electron chi connectivity index (χ0n) is 19.9. The lowest BCUT2D eigenvalue weighted by atomic mass is 10.1. The average molecular weight is 504 g/mol. The van der Waals surface area contributed by atoms with E-state index in [0.717, 1.165) is 30.5 Å². The van der Waals surface area contributed by atoms with E-state index >= 15 is 0 Å². The molecule has 11 heteroatoms. The Morgan fingerprint density at radius 1 is 0.833 bits per heavy atom. The largest absolute Gasteiger partial charge is 0.508 e. The van der Waals surface area contributed by atoms with Crippen LogP contribution in [0.1, 0.15) is 22.3 Å². The molecular weight excluding hydrogens is 476 g/mol. The number of aromatic carboxylic acids is 1. The molecule has 0 fully saturated rings. The van der Waals surface area contributed by atoms with E-state index in [-0.39, 0.29) is 17.1 Å². The van der Waals surface area contributed by atoms with Crippen LogP contribution in [0.2, 0.25) is 0 Å². The van der Waals surface area contributed by atoms with E-state index in [1.165, 1.54) is 12.1 Å². The normalized spacial score (nSPS) is 11.3. The van der Waals surface area contributed by atoms with Gasteiger partial charge in [-0.3, -0.25) is 0 Å². The van der Waals surface area contributed by atoms with Crippen LogP contribution < -0.4 is 18.9 Å². The Hall–Kier alpha value is -4.67. The topological polar surface area (TPSA) is 175 Å². The molecule has 194 valence electrons. The monoisotopic (exact) mass is 504 g/mol. The fourth-order valence-electron chi connectivity index (χ4n) is 3.17. The highest BCUT2D eigenvalue weighted by Crippen LogP contribution is 2.37. The first kappa shape index (κ1) is 27.6. The van der Waals surface area contributed by atoms with Gasteiger partial charge in [-0.1, -0.05) is 6.07 Å². The molecule has 0 aromatic heterocycles. The summed E-state index contributed by atoms with van der Waals surface area (Å²) in [6.45, 7) is 0.663. The Bertz CT molecular complexity index is 1150. The molecule has 0 unspecified atom stereocenters. The standard InChI is InChI=1S/C9H10O3.C9H12O3.C7H6O5/c10-6-4-8(11)7-2-1-3-12-9(7)5-6;1-10-7-5-4-6-8(11-2)9(7)12-3;8-4-1-3(7(11)12)2-5(9)6(4)10/h4-5,10-11H,1-3H2;4-6H,1-3H3;1-2,8-10H,(H,11,12). The second-order valence-corrected chi connectivity index (χ2v) is 7.26. The minimum atomic E-state index is -1.29. The van der Waals surface area contributed by atoms with Gasteiger partial charge in [0, 0.05) is 17.7 Å². The van der Waals surface area contributed by atoms with Crippen LogP contribution in [-0.4, -0.2) is 64.5 Å². The van der Waals surface area contributed by atoms with Gasteiger partial charge in [0.15, 0.2) is 28.7 Å². The van der Waals surface area contributed by atoms with Crippen LogP contribution in [0.5, 0.6) is 51.7 Å². The summed E-state index contributed by atoms with van der Waals surface area (Å²) < 4.78 is 20.5. The number of benzene rings is 3. The van der Waals surface area contributed by atoms with Gasteiger partial charge >= 0.3 is 5.97 Å². The smallest absolute Gasteiger partial charge is 0.335 e. The number of fused-ring (bicyclic) bond motifs is 1. The number of phenolic OH excluding ortho intramolecular Hbond substituents is 5. The number of carboxylic acids is 1. The second-order valence-electron chi connectivity index (χ2n) is 7.26. The first-order chi connectivity index (χ1) is 17.1. The van der Waals surface area contributed by atoms with E-state index in [1.54, 1.807) is 21.3 Å². The lowest BCUT2D eigenvalue weighted by Crippen LogP contribution is -2.07. The molecule has 6 N–H and O–H groups in total. The summed E-state index contributed by atoms with van der Waals surface area (Å²) in [5, 5.41) is 53.5. The predicted molar refractivity (Wildman–Crippen MR) is 128 cm³/mol. The molecule has 11 nitrogen and oxygen atoms in total. The molecule has 0 saturated heterocycles. The third kappa shape index (κ3) is 6.92. The molecule has 0 aliphatic carbocycles. The van der Waals surface area contributed by atoms with Gasteiger partial charge in [0.2, 0.25) is 5.75 Å². The van der Waals surface area contributed by atoms with Gasteiger partial charge in [-0.25, -0.2) is 4.79 Å². The Balaban J connectivity index is 0.000000190. The van der Waals surface area contributed by atoms with Crippen molar-refractivity contribution in [3.05, 3.63) is 53.6 Å². The van der Waals surface area contributed by atoms with Crippen molar-refractivity contribution in [1.82, 2.24) is 0 Å². The second kappa shape index (κ2) is 12.7. The number of hydrogen-bond acceptors (Lipinski definition) is 10. The number of carboxylic acid groups (broad SMARTS) is 1. The van der Waals surface area contributed by atoms with E-state index in [2.05, 4.69) is 0 Å². The number of phenols is 5. The molecular formula is C25H28O11.